The molecule has 3 rings (SSSR count). The molecule has 1 aromatic heterocycles. The molecule has 0 aliphatic carbocycles. The molecule has 0 aliphatic heterocycles. The summed E-state index contributed by atoms with van der Waals surface area (Å²) in [6, 6.07) is 13.0. The van der Waals surface area contributed by atoms with E-state index in [2.05, 4.69) is 4.98 Å². The van der Waals surface area contributed by atoms with Crippen molar-refractivity contribution in [1.29, 1.82) is 0 Å². The minimum absolute atomic E-state index is 0.460. The molecule has 0 saturated carbocycles. The maximum absolute atomic E-state index is 12.3. The third-order valence-electron chi connectivity index (χ3n) is 3.52. The van der Waals surface area contributed by atoms with Crippen LogP contribution in [-0.4, -0.2) is 27.5 Å². The monoisotopic (exact) mass is 322 g/mol. The number of rotatable bonds is 2. The number of carbonyl (C=O) groups is 2. The summed E-state index contributed by atoms with van der Waals surface area (Å²) in [5.41, 5.74) is 3.34. The third-order valence-corrected chi connectivity index (χ3v) is 3.52. The summed E-state index contributed by atoms with van der Waals surface area (Å²) in [5, 5.41) is 0. The molecule has 1 heterocycles. The molecule has 0 atom stereocenters. The summed E-state index contributed by atoms with van der Waals surface area (Å²) in [4.78, 5) is 27.3. The number of imidazole rings is 1. The first-order chi connectivity index (χ1) is 11.4. The van der Waals surface area contributed by atoms with Crippen LogP contribution in [0, 0.1) is 0 Å². The van der Waals surface area contributed by atoms with Gasteiger partial charge in [-0.2, -0.15) is 0 Å². The number of fused-ring (bicyclic) bond motifs is 1. The van der Waals surface area contributed by atoms with E-state index >= 15 is 0 Å². The first kappa shape index (κ1) is 15.9. The van der Waals surface area contributed by atoms with Crippen LogP contribution in [0.2, 0.25) is 0 Å². The van der Waals surface area contributed by atoms with Crippen LogP contribution < -0.4 is 0 Å². The summed E-state index contributed by atoms with van der Waals surface area (Å²) >= 11 is 0. The van der Waals surface area contributed by atoms with Gasteiger partial charge in [-0.25, -0.2) is 14.3 Å². The summed E-state index contributed by atoms with van der Waals surface area (Å²) in [6.45, 7) is 5.47. The zero-order chi connectivity index (χ0) is 17.3. The molecule has 0 aliphatic rings. The largest absolute Gasteiger partial charge is 0.443 e. The Bertz CT molecular complexity index is 903. The maximum atomic E-state index is 12.3. The molecule has 2 aromatic carbocycles. The van der Waals surface area contributed by atoms with E-state index in [0.717, 1.165) is 17.4 Å². The van der Waals surface area contributed by atoms with Gasteiger partial charge in [0.1, 0.15) is 18.2 Å². The minimum atomic E-state index is -0.573. The third kappa shape index (κ3) is 3.20. The minimum Gasteiger partial charge on any atom is -0.443 e. The highest BCUT2D eigenvalue weighted by Crippen LogP contribution is 2.25. The van der Waals surface area contributed by atoms with Crippen molar-refractivity contribution in [2.75, 3.05) is 0 Å². The molecule has 122 valence electrons. The highest BCUT2D eigenvalue weighted by atomic mass is 16.6. The Morgan fingerprint density at radius 3 is 2.38 bits per heavy atom. The number of aldehydes is 1. The molecule has 0 radical (unpaired) electrons. The Kier molecular flexibility index (Phi) is 3.93. The van der Waals surface area contributed by atoms with Gasteiger partial charge in [-0.15, -0.1) is 0 Å². The van der Waals surface area contributed by atoms with Gasteiger partial charge in [-0.1, -0.05) is 30.3 Å². The number of hydrogen-bond acceptors (Lipinski definition) is 4. The molecule has 24 heavy (non-hydrogen) atoms. The van der Waals surface area contributed by atoms with E-state index in [1.807, 2.05) is 51.1 Å². The van der Waals surface area contributed by atoms with Crippen molar-refractivity contribution in [1.82, 2.24) is 9.55 Å². The molecular weight excluding hydrogens is 304 g/mol. The molecule has 0 fully saturated rings. The van der Waals surface area contributed by atoms with E-state index in [0.29, 0.717) is 16.6 Å². The summed E-state index contributed by atoms with van der Waals surface area (Å²) in [6.07, 6.45) is 1.82. The van der Waals surface area contributed by atoms with Crippen LogP contribution >= 0.6 is 0 Å². The molecule has 0 saturated heterocycles. The van der Waals surface area contributed by atoms with E-state index in [1.54, 1.807) is 12.1 Å². The molecule has 0 bridgehead atoms. The number of ether oxygens (including phenoxy) is 1. The van der Waals surface area contributed by atoms with E-state index in [4.69, 9.17) is 4.74 Å². The summed E-state index contributed by atoms with van der Waals surface area (Å²) in [5.74, 6) is 0. The number of benzene rings is 2. The number of hydrogen-bond donors (Lipinski definition) is 0. The summed E-state index contributed by atoms with van der Waals surface area (Å²) in [7, 11) is 0. The van der Waals surface area contributed by atoms with E-state index in [1.165, 1.54) is 10.9 Å². The standard InChI is InChI=1S/C19H18N2O3/c1-19(2,3)24-18(23)21-12-20-16-9-8-15(10-17(16)21)14-6-4-13(11-22)5-7-14/h4-12H,1-3H3. The van der Waals surface area contributed by atoms with Gasteiger partial charge >= 0.3 is 6.09 Å². The average molecular weight is 322 g/mol. The highest BCUT2D eigenvalue weighted by molar-refractivity contribution is 5.89. The van der Waals surface area contributed by atoms with Crippen LogP contribution in [0.3, 0.4) is 0 Å². The maximum Gasteiger partial charge on any atom is 0.420 e. The van der Waals surface area contributed by atoms with Crippen molar-refractivity contribution in [2.45, 2.75) is 26.4 Å². The van der Waals surface area contributed by atoms with Crippen molar-refractivity contribution in [3.05, 3.63) is 54.4 Å². The Labute approximate surface area is 139 Å². The van der Waals surface area contributed by atoms with E-state index in [9.17, 15) is 9.59 Å². The van der Waals surface area contributed by atoms with E-state index in [-0.39, 0.29) is 0 Å². The Morgan fingerprint density at radius 2 is 1.75 bits per heavy atom. The predicted molar refractivity (Wildman–Crippen MR) is 92.2 cm³/mol. The van der Waals surface area contributed by atoms with Gasteiger partial charge in [0.05, 0.1) is 11.0 Å². The van der Waals surface area contributed by atoms with Crippen molar-refractivity contribution in [3.63, 3.8) is 0 Å². The molecule has 3 aromatic rings. The molecule has 5 nitrogen and oxygen atoms in total. The molecule has 0 spiro atoms. The lowest BCUT2D eigenvalue weighted by molar-refractivity contribution is 0.0543. The second-order valence-corrected chi connectivity index (χ2v) is 6.54. The SMILES string of the molecule is CC(C)(C)OC(=O)n1cnc2ccc(-c3ccc(C=O)cc3)cc21. The number of nitrogens with zero attached hydrogens (tertiary/aromatic N) is 2. The van der Waals surface area contributed by atoms with Crippen molar-refractivity contribution in [2.24, 2.45) is 0 Å². The van der Waals surface area contributed by atoms with Gasteiger partial charge in [0, 0.05) is 5.56 Å². The zero-order valence-corrected chi connectivity index (χ0v) is 13.8. The zero-order valence-electron chi connectivity index (χ0n) is 13.8. The molecule has 0 unspecified atom stereocenters. The first-order valence-corrected chi connectivity index (χ1v) is 7.63. The summed E-state index contributed by atoms with van der Waals surface area (Å²) < 4.78 is 6.82. The van der Waals surface area contributed by atoms with Gasteiger partial charge in [0.25, 0.3) is 0 Å². The lowest BCUT2D eigenvalue weighted by atomic mass is 10.0. The van der Waals surface area contributed by atoms with Gasteiger partial charge in [0.15, 0.2) is 0 Å². The van der Waals surface area contributed by atoms with Crippen molar-refractivity contribution < 1.29 is 14.3 Å². The molecule has 5 heteroatoms. The first-order valence-electron chi connectivity index (χ1n) is 7.63. The van der Waals surface area contributed by atoms with Gasteiger partial charge in [-0.3, -0.25) is 4.79 Å². The Morgan fingerprint density at radius 1 is 1.08 bits per heavy atom. The Hall–Kier alpha value is -2.95. The van der Waals surface area contributed by atoms with Crippen molar-refractivity contribution >= 4 is 23.4 Å². The second kappa shape index (κ2) is 5.92. The van der Waals surface area contributed by atoms with Crippen LogP contribution in [0.1, 0.15) is 31.1 Å². The van der Waals surface area contributed by atoms with Crippen molar-refractivity contribution in [3.8, 4) is 11.1 Å². The molecular formula is C19H18N2O3. The van der Waals surface area contributed by atoms with E-state index < -0.39 is 11.7 Å². The molecule has 0 N–H and O–H groups in total. The second-order valence-electron chi connectivity index (χ2n) is 6.54. The number of carbonyl (C=O) groups excluding carboxylic acids is 2. The average Bonchev–Trinajstić information content (AvgIpc) is 2.96. The Balaban J connectivity index is 2.01. The fourth-order valence-corrected chi connectivity index (χ4v) is 2.40. The highest BCUT2D eigenvalue weighted by Gasteiger charge is 2.19. The van der Waals surface area contributed by atoms with Crippen LogP contribution in [0.4, 0.5) is 4.79 Å². The van der Waals surface area contributed by atoms with Crippen LogP contribution in [0.25, 0.3) is 22.2 Å². The lowest BCUT2D eigenvalue weighted by Gasteiger charge is -2.19. The van der Waals surface area contributed by atoms with Gasteiger partial charge in [0.2, 0.25) is 0 Å². The topological polar surface area (TPSA) is 61.2 Å². The smallest absolute Gasteiger partial charge is 0.420 e. The lowest BCUT2D eigenvalue weighted by Crippen LogP contribution is -2.26. The molecule has 0 amide bonds. The van der Waals surface area contributed by atoms with Gasteiger partial charge < -0.3 is 4.74 Å². The van der Waals surface area contributed by atoms with Crippen LogP contribution in [0.15, 0.2) is 48.8 Å². The van der Waals surface area contributed by atoms with Gasteiger partial charge in [-0.05, 0) is 44.0 Å². The van der Waals surface area contributed by atoms with Crippen LogP contribution in [-0.2, 0) is 4.74 Å². The fraction of sp³-hybridized carbons (Fsp3) is 0.211. The van der Waals surface area contributed by atoms with Crippen LogP contribution in [0.5, 0.6) is 0 Å². The fourth-order valence-electron chi connectivity index (χ4n) is 2.40. The number of aromatic nitrogens is 2. The normalized spacial score (nSPS) is 11.5. The predicted octanol–water partition coefficient (Wildman–Crippen LogP) is 4.30. The quantitative estimate of drug-likeness (QED) is 0.660.